The molecule has 0 aromatic carbocycles. The fourth-order valence-corrected chi connectivity index (χ4v) is 1.46. The minimum absolute atomic E-state index is 0.619. The Morgan fingerprint density at radius 1 is 1.54 bits per heavy atom. The van der Waals surface area contributed by atoms with Crippen molar-refractivity contribution in [3.8, 4) is 0 Å². The molecule has 0 aliphatic carbocycles. The summed E-state index contributed by atoms with van der Waals surface area (Å²) in [6, 6.07) is 0. The van der Waals surface area contributed by atoms with Crippen molar-refractivity contribution in [2.75, 3.05) is 14.1 Å². The molecule has 1 N–H and O–H groups in total. The van der Waals surface area contributed by atoms with Crippen molar-refractivity contribution < 1.29 is 0 Å². The van der Waals surface area contributed by atoms with Crippen molar-refractivity contribution in [3.05, 3.63) is 20.6 Å². The lowest BCUT2D eigenvalue weighted by molar-refractivity contribution is 0.389. The third kappa shape index (κ3) is 2.86. The lowest BCUT2D eigenvalue weighted by Crippen LogP contribution is -2.14. The predicted octanol–water partition coefficient (Wildman–Crippen LogP) is 2.27. The Balaban J connectivity index is 3.06. The summed E-state index contributed by atoms with van der Waals surface area (Å²) in [6.45, 7) is 2.75. The first-order valence-corrected chi connectivity index (χ1v) is 5.11. The number of halogens is 1. The minimum atomic E-state index is 0.619. The third-order valence-electron chi connectivity index (χ3n) is 1.55. The van der Waals surface area contributed by atoms with E-state index in [2.05, 4.69) is 25.9 Å². The van der Waals surface area contributed by atoms with E-state index >= 15 is 0 Å². The first-order chi connectivity index (χ1) is 6.00. The van der Waals surface area contributed by atoms with Crippen LogP contribution in [0.5, 0.6) is 0 Å². The summed E-state index contributed by atoms with van der Waals surface area (Å²) in [5.74, 6) is 0.899. The van der Waals surface area contributed by atoms with Gasteiger partial charge in [-0.3, -0.25) is 0 Å². The van der Waals surface area contributed by atoms with E-state index in [1.165, 1.54) is 0 Å². The molecule has 1 heterocycles. The molecule has 1 aromatic rings. The van der Waals surface area contributed by atoms with Gasteiger partial charge >= 0.3 is 0 Å². The smallest absolute Gasteiger partial charge is 0.144 e. The summed E-state index contributed by atoms with van der Waals surface area (Å²) in [4.78, 5) is 9.47. The Hall–Kier alpha value is -0.260. The molecule has 0 aliphatic rings. The van der Waals surface area contributed by atoms with Gasteiger partial charge < -0.3 is 9.88 Å². The molecule has 1 aromatic heterocycles. The highest BCUT2D eigenvalue weighted by Crippen LogP contribution is 2.14. The number of rotatable bonds is 2. The monoisotopic (exact) mass is 261 g/mol. The number of aromatic amines is 1. The maximum Gasteiger partial charge on any atom is 0.144 e. The quantitative estimate of drug-likeness (QED) is 0.830. The molecule has 0 fully saturated rings. The minimum Gasteiger partial charge on any atom is -0.345 e. The molecule has 0 saturated heterocycles. The van der Waals surface area contributed by atoms with E-state index in [4.69, 9.17) is 12.2 Å². The Kier molecular flexibility index (Phi) is 3.58. The van der Waals surface area contributed by atoms with E-state index in [1.807, 2.05) is 25.9 Å². The van der Waals surface area contributed by atoms with Gasteiger partial charge in [-0.2, -0.15) is 0 Å². The molecule has 1 rings (SSSR count). The van der Waals surface area contributed by atoms with E-state index in [1.54, 1.807) is 0 Å². The van der Waals surface area contributed by atoms with Crippen molar-refractivity contribution in [2.24, 2.45) is 0 Å². The second-order valence-electron chi connectivity index (χ2n) is 3.17. The van der Waals surface area contributed by atoms with Crippen LogP contribution in [-0.2, 0) is 6.54 Å². The van der Waals surface area contributed by atoms with Gasteiger partial charge in [-0.25, -0.2) is 4.98 Å². The number of aryl methyl sites for hydroxylation is 1. The number of aromatic nitrogens is 2. The van der Waals surface area contributed by atoms with Gasteiger partial charge in [-0.1, -0.05) is 12.2 Å². The maximum atomic E-state index is 5.08. The first-order valence-electron chi connectivity index (χ1n) is 3.90. The standard InChI is InChI=1S/C8H12BrN3S/c1-5-7(9)8(13)11-6(10-5)4-12(2)3/h4H2,1-3H3,(H,10,11,13). The van der Waals surface area contributed by atoms with Crippen LogP contribution in [0.4, 0.5) is 0 Å². The van der Waals surface area contributed by atoms with Crippen molar-refractivity contribution in [1.82, 2.24) is 14.9 Å². The van der Waals surface area contributed by atoms with Gasteiger partial charge in [0.05, 0.1) is 11.0 Å². The maximum absolute atomic E-state index is 5.08. The summed E-state index contributed by atoms with van der Waals surface area (Å²) in [7, 11) is 3.99. The van der Waals surface area contributed by atoms with Crippen LogP contribution < -0.4 is 0 Å². The highest BCUT2D eigenvalue weighted by molar-refractivity contribution is 9.10. The molecule has 72 valence electrons. The lowest BCUT2D eigenvalue weighted by Gasteiger charge is -2.09. The average Bonchev–Trinajstić information content (AvgIpc) is 1.98. The predicted molar refractivity (Wildman–Crippen MR) is 59.2 cm³/mol. The second-order valence-corrected chi connectivity index (χ2v) is 4.35. The van der Waals surface area contributed by atoms with Crippen LogP contribution in [0, 0.1) is 11.6 Å². The highest BCUT2D eigenvalue weighted by Gasteiger charge is 2.02. The molecule has 5 heteroatoms. The van der Waals surface area contributed by atoms with Crippen molar-refractivity contribution >= 4 is 28.1 Å². The third-order valence-corrected chi connectivity index (χ3v) is 3.08. The summed E-state index contributed by atoms with van der Waals surface area (Å²) >= 11 is 8.45. The molecule has 0 saturated carbocycles. The molecule has 0 radical (unpaired) electrons. The van der Waals surface area contributed by atoms with Crippen LogP contribution in [0.2, 0.25) is 0 Å². The van der Waals surface area contributed by atoms with Crippen molar-refractivity contribution in [3.63, 3.8) is 0 Å². The molecule has 0 bridgehead atoms. The van der Waals surface area contributed by atoms with E-state index in [9.17, 15) is 0 Å². The van der Waals surface area contributed by atoms with E-state index in [0.717, 1.165) is 22.5 Å². The Morgan fingerprint density at radius 2 is 2.15 bits per heavy atom. The molecular formula is C8H12BrN3S. The fraction of sp³-hybridized carbons (Fsp3) is 0.500. The topological polar surface area (TPSA) is 31.9 Å². The van der Waals surface area contributed by atoms with Gasteiger partial charge in [0.1, 0.15) is 10.5 Å². The zero-order chi connectivity index (χ0) is 10.0. The number of H-pyrrole nitrogens is 1. The zero-order valence-electron chi connectivity index (χ0n) is 7.89. The molecule has 13 heavy (non-hydrogen) atoms. The van der Waals surface area contributed by atoms with Crippen LogP contribution in [0.25, 0.3) is 0 Å². The van der Waals surface area contributed by atoms with Gasteiger partial charge in [0, 0.05) is 5.69 Å². The van der Waals surface area contributed by atoms with E-state index in [-0.39, 0.29) is 0 Å². The van der Waals surface area contributed by atoms with E-state index < -0.39 is 0 Å². The number of hydrogen-bond acceptors (Lipinski definition) is 3. The van der Waals surface area contributed by atoms with Gasteiger partial charge in [0.25, 0.3) is 0 Å². The SMILES string of the molecule is Cc1[nH]c(CN(C)C)nc(=S)c1Br. The van der Waals surface area contributed by atoms with Crippen molar-refractivity contribution in [1.29, 1.82) is 0 Å². The zero-order valence-corrected chi connectivity index (χ0v) is 10.3. The van der Waals surface area contributed by atoms with Gasteiger partial charge in [-0.15, -0.1) is 0 Å². The Labute approximate surface area is 91.3 Å². The molecule has 0 amide bonds. The second kappa shape index (κ2) is 4.30. The van der Waals surface area contributed by atoms with Gasteiger partial charge in [0.2, 0.25) is 0 Å². The molecule has 0 spiro atoms. The van der Waals surface area contributed by atoms with Crippen LogP contribution >= 0.6 is 28.1 Å². The Morgan fingerprint density at radius 3 is 2.62 bits per heavy atom. The summed E-state index contributed by atoms with van der Waals surface area (Å²) in [6.07, 6.45) is 0. The molecule has 3 nitrogen and oxygen atoms in total. The first kappa shape index (κ1) is 10.8. The van der Waals surface area contributed by atoms with Crippen LogP contribution in [0.1, 0.15) is 11.5 Å². The molecule has 0 atom stereocenters. The van der Waals surface area contributed by atoms with Crippen LogP contribution in [0.15, 0.2) is 4.47 Å². The van der Waals surface area contributed by atoms with Crippen LogP contribution in [0.3, 0.4) is 0 Å². The number of hydrogen-bond donors (Lipinski definition) is 1. The number of nitrogens with one attached hydrogen (secondary N) is 1. The van der Waals surface area contributed by atoms with Crippen LogP contribution in [-0.4, -0.2) is 29.0 Å². The normalized spacial score (nSPS) is 10.8. The lowest BCUT2D eigenvalue weighted by atomic mass is 10.4. The largest absolute Gasteiger partial charge is 0.345 e. The molecule has 0 unspecified atom stereocenters. The van der Waals surface area contributed by atoms with Gasteiger partial charge in [0.15, 0.2) is 0 Å². The van der Waals surface area contributed by atoms with E-state index in [0.29, 0.717) is 4.64 Å². The summed E-state index contributed by atoms with van der Waals surface area (Å²) < 4.78 is 1.50. The number of nitrogens with zero attached hydrogens (tertiary/aromatic N) is 2. The fourth-order valence-electron chi connectivity index (χ4n) is 1.01. The van der Waals surface area contributed by atoms with Crippen molar-refractivity contribution in [2.45, 2.75) is 13.5 Å². The highest BCUT2D eigenvalue weighted by atomic mass is 79.9. The average molecular weight is 262 g/mol. The Bertz CT molecular complexity index is 359. The van der Waals surface area contributed by atoms with Gasteiger partial charge in [-0.05, 0) is 36.9 Å². The molecular weight excluding hydrogens is 250 g/mol. The molecule has 0 aliphatic heterocycles. The summed E-state index contributed by atoms with van der Waals surface area (Å²) in [5, 5.41) is 0. The summed E-state index contributed by atoms with van der Waals surface area (Å²) in [5.41, 5.74) is 1.02.